The second-order valence-electron chi connectivity index (χ2n) is 8.89. The summed E-state index contributed by atoms with van der Waals surface area (Å²) in [6.07, 6.45) is 5.18. The number of fused-ring (bicyclic) bond motifs is 1. The number of nitrogens with one attached hydrogen (secondary N) is 1. The third kappa shape index (κ3) is 4.28. The number of benzene rings is 2. The smallest absolute Gasteiger partial charge is 0.163 e. The first kappa shape index (κ1) is 19.7. The number of piperazine rings is 1. The van der Waals surface area contributed by atoms with Gasteiger partial charge in [-0.05, 0) is 48.9 Å². The van der Waals surface area contributed by atoms with Gasteiger partial charge < -0.3 is 19.7 Å². The fourth-order valence-electron chi connectivity index (χ4n) is 5.17. The van der Waals surface area contributed by atoms with E-state index in [1.165, 1.54) is 29.7 Å². The quantitative estimate of drug-likeness (QED) is 0.788. The van der Waals surface area contributed by atoms with Crippen LogP contribution in [-0.4, -0.2) is 50.3 Å². The number of nitrogens with zero attached hydrogens (tertiary/aromatic N) is 2. The summed E-state index contributed by atoms with van der Waals surface area (Å²) in [6.45, 7) is 6.25. The summed E-state index contributed by atoms with van der Waals surface area (Å²) in [7, 11) is 1.73. The maximum Gasteiger partial charge on any atom is 0.163 e. The molecule has 1 aliphatic carbocycles. The Morgan fingerprint density at radius 1 is 1.00 bits per heavy atom. The Labute approximate surface area is 180 Å². The molecule has 0 amide bonds. The molecule has 1 N–H and O–H groups in total. The molecule has 160 valence electrons. The van der Waals surface area contributed by atoms with Crippen LogP contribution in [-0.2, 0) is 13.1 Å². The lowest BCUT2D eigenvalue weighted by Gasteiger charge is -2.37. The lowest BCUT2D eigenvalue weighted by molar-refractivity contribution is 0.201. The van der Waals surface area contributed by atoms with E-state index in [9.17, 15) is 0 Å². The summed E-state index contributed by atoms with van der Waals surface area (Å²) in [5, 5.41) is 3.73. The second-order valence-corrected chi connectivity index (χ2v) is 8.89. The van der Waals surface area contributed by atoms with Crippen molar-refractivity contribution < 1.29 is 9.47 Å². The summed E-state index contributed by atoms with van der Waals surface area (Å²) in [5.74, 6) is 1.74. The molecule has 2 heterocycles. The van der Waals surface area contributed by atoms with Gasteiger partial charge in [-0.25, -0.2) is 0 Å². The Morgan fingerprint density at radius 2 is 1.77 bits per heavy atom. The highest BCUT2D eigenvalue weighted by molar-refractivity contribution is 5.57. The van der Waals surface area contributed by atoms with E-state index in [0.717, 1.165) is 63.6 Å². The van der Waals surface area contributed by atoms with Gasteiger partial charge in [-0.15, -0.1) is 0 Å². The van der Waals surface area contributed by atoms with Crippen LogP contribution in [0.4, 0.5) is 5.69 Å². The van der Waals surface area contributed by atoms with Crippen LogP contribution in [0.3, 0.4) is 0 Å². The predicted octanol–water partition coefficient (Wildman–Crippen LogP) is 3.81. The Hall–Kier alpha value is -2.24. The molecule has 2 aromatic carbocycles. The van der Waals surface area contributed by atoms with Gasteiger partial charge in [-0.1, -0.05) is 24.3 Å². The van der Waals surface area contributed by atoms with Crippen molar-refractivity contribution >= 4 is 5.69 Å². The van der Waals surface area contributed by atoms with Crippen molar-refractivity contribution in [2.75, 3.05) is 38.2 Å². The molecule has 2 aliphatic heterocycles. The van der Waals surface area contributed by atoms with Crippen LogP contribution in [0.15, 0.2) is 42.5 Å². The third-order valence-electron chi connectivity index (χ3n) is 6.75. The zero-order valence-electron chi connectivity index (χ0n) is 18.0. The fraction of sp³-hybridized carbons (Fsp3) is 0.520. The maximum absolute atomic E-state index is 6.32. The van der Waals surface area contributed by atoms with E-state index in [2.05, 4.69) is 57.6 Å². The molecule has 2 aromatic rings. The summed E-state index contributed by atoms with van der Waals surface area (Å²) >= 11 is 0. The maximum atomic E-state index is 6.32. The minimum absolute atomic E-state index is 0.335. The summed E-state index contributed by atoms with van der Waals surface area (Å²) < 4.78 is 11.9. The highest BCUT2D eigenvalue weighted by atomic mass is 16.5. The molecular formula is C25H33N3O2. The Morgan fingerprint density at radius 3 is 2.50 bits per heavy atom. The van der Waals surface area contributed by atoms with E-state index < -0.39 is 0 Å². The van der Waals surface area contributed by atoms with Crippen molar-refractivity contribution in [3.8, 4) is 11.5 Å². The first-order chi connectivity index (χ1) is 14.8. The van der Waals surface area contributed by atoms with Gasteiger partial charge in [-0.2, -0.15) is 0 Å². The molecule has 2 fully saturated rings. The molecular weight excluding hydrogens is 374 g/mol. The molecule has 0 bridgehead atoms. The van der Waals surface area contributed by atoms with Crippen molar-refractivity contribution in [3.05, 3.63) is 53.6 Å². The minimum Gasteiger partial charge on any atom is -0.493 e. The largest absolute Gasteiger partial charge is 0.493 e. The topological polar surface area (TPSA) is 37.0 Å². The predicted molar refractivity (Wildman–Crippen MR) is 120 cm³/mol. The van der Waals surface area contributed by atoms with Crippen LogP contribution in [0.1, 0.15) is 36.8 Å². The molecule has 5 heteroatoms. The highest BCUT2D eigenvalue weighted by Gasteiger charge is 2.26. The van der Waals surface area contributed by atoms with Crippen LogP contribution < -0.4 is 19.7 Å². The summed E-state index contributed by atoms with van der Waals surface area (Å²) in [5.41, 5.74) is 4.20. The van der Waals surface area contributed by atoms with Gasteiger partial charge >= 0.3 is 0 Å². The molecule has 1 saturated carbocycles. The molecule has 1 saturated heterocycles. The number of anilines is 1. The molecule has 5 rings (SSSR count). The number of ether oxygens (including phenoxy) is 2. The Kier molecular flexibility index (Phi) is 5.82. The first-order valence-electron chi connectivity index (χ1n) is 11.4. The third-order valence-corrected chi connectivity index (χ3v) is 6.75. The normalized spacial score (nSPS) is 22.3. The van der Waals surface area contributed by atoms with Crippen LogP contribution in [0.5, 0.6) is 11.5 Å². The average Bonchev–Trinajstić information content (AvgIpc) is 3.43. The van der Waals surface area contributed by atoms with E-state index in [4.69, 9.17) is 9.47 Å². The minimum atomic E-state index is 0.335. The van der Waals surface area contributed by atoms with Crippen LogP contribution >= 0.6 is 0 Å². The van der Waals surface area contributed by atoms with Gasteiger partial charge in [0.1, 0.15) is 0 Å². The Bertz CT molecular complexity index is 840. The van der Waals surface area contributed by atoms with E-state index in [-0.39, 0.29) is 0 Å². The number of hydrogen-bond donors (Lipinski definition) is 1. The van der Waals surface area contributed by atoms with E-state index >= 15 is 0 Å². The first-order valence-corrected chi connectivity index (χ1v) is 11.4. The van der Waals surface area contributed by atoms with Gasteiger partial charge in [-0.3, -0.25) is 4.90 Å². The highest BCUT2D eigenvalue weighted by Crippen LogP contribution is 2.35. The zero-order valence-corrected chi connectivity index (χ0v) is 18.0. The SMILES string of the molecule is COc1ccc(N2CCN[C@@H](CN3Cc4ccccc4C3)C2)cc1OC1CCCC1. The van der Waals surface area contributed by atoms with Gasteiger partial charge in [0.25, 0.3) is 0 Å². The van der Waals surface area contributed by atoms with Crippen LogP contribution in [0, 0.1) is 0 Å². The lowest BCUT2D eigenvalue weighted by atomic mass is 10.1. The molecule has 0 aromatic heterocycles. The van der Waals surface area contributed by atoms with Crippen molar-refractivity contribution in [1.82, 2.24) is 10.2 Å². The fourth-order valence-corrected chi connectivity index (χ4v) is 5.17. The van der Waals surface area contributed by atoms with Crippen molar-refractivity contribution in [1.29, 1.82) is 0 Å². The average molecular weight is 408 g/mol. The van der Waals surface area contributed by atoms with E-state index in [1.54, 1.807) is 7.11 Å². The molecule has 1 atom stereocenters. The van der Waals surface area contributed by atoms with E-state index in [1.807, 2.05) is 0 Å². The van der Waals surface area contributed by atoms with Crippen LogP contribution in [0.2, 0.25) is 0 Å². The van der Waals surface area contributed by atoms with Crippen molar-refractivity contribution in [3.63, 3.8) is 0 Å². The van der Waals surface area contributed by atoms with Gasteiger partial charge in [0.2, 0.25) is 0 Å². The van der Waals surface area contributed by atoms with Crippen LogP contribution in [0.25, 0.3) is 0 Å². The second kappa shape index (κ2) is 8.86. The lowest BCUT2D eigenvalue weighted by Crippen LogP contribution is -2.54. The standard InChI is InChI=1S/C25H33N3O2/c1-29-24-11-10-22(14-25(24)30-23-8-4-5-9-23)28-13-12-26-21(18-28)17-27-15-19-6-2-3-7-20(19)16-27/h2-3,6-7,10-11,14,21,23,26H,4-5,8-9,12-13,15-18H2,1H3/t21-/m0/s1. The Balaban J connectivity index is 1.24. The molecule has 0 radical (unpaired) electrons. The molecule has 0 spiro atoms. The van der Waals surface area contributed by atoms with Crippen molar-refractivity contribution in [2.45, 2.75) is 50.9 Å². The molecule has 5 nitrogen and oxygen atoms in total. The van der Waals surface area contributed by atoms with Crippen molar-refractivity contribution in [2.24, 2.45) is 0 Å². The van der Waals surface area contributed by atoms with Gasteiger partial charge in [0.15, 0.2) is 11.5 Å². The summed E-state index contributed by atoms with van der Waals surface area (Å²) in [4.78, 5) is 5.06. The van der Waals surface area contributed by atoms with Gasteiger partial charge in [0.05, 0.1) is 13.2 Å². The number of methoxy groups -OCH3 is 1. The number of rotatable bonds is 6. The van der Waals surface area contributed by atoms with E-state index in [0.29, 0.717) is 12.1 Å². The zero-order chi connectivity index (χ0) is 20.3. The van der Waals surface area contributed by atoms with Gasteiger partial charge in [0, 0.05) is 57.1 Å². The monoisotopic (exact) mass is 407 g/mol. The molecule has 30 heavy (non-hydrogen) atoms. The molecule has 0 unspecified atom stereocenters. The summed E-state index contributed by atoms with van der Waals surface area (Å²) in [6, 6.07) is 15.7. The number of hydrogen-bond acceptors (Lipinski definition) is 5. The molecule has 3 aliphatic rings.